The van der Waals surface area contributed by atoms with E-state index in [1.165, 1.54) is 12.4 Å². The van der Waals surface area contributed by atoms with Crippen LogP contribution in [0.15, 0.2) is 35.9 Å². The van der Waals surface area contributed by atoms with Gasteiger partial charge in [-0.25, -0.2) is 0 Å². The molecule has 9 heteroatoms. The molecule has 1 atom stereocenters. The Morgan fingerprint density at radius 2 is 1.91 bits per heavy atom. The Morgan fingerprint density at radius 1 is 1.24 bits per heavy atom. The molecule has 1 aromatic rings. The molecule has 0 saturated carbocycles. The maximum atomic E-state index is 13.5. The first kappa shape index (κ1) is 26.3. The van der Waals surface area contributed by atoms with E-state index in [9.17, 15) is 4.79 Å². The number of para-hydroxylation sites is 2. The van der Waals surface area contributed by atoms with Gasteiger partial charge in [0, 0.05) is 44.7 Å². The first-order valence-corrected chi connectivity index (χ1v) is 12.7. The van der Waals surface area contributed by atoms with Gasteiger partial charge in [0.25, 0.3) is 0 Å². The van der Waals surface area contributed by atoms with Crippen LogP contribution in [0.1, 0.15) is 32.6 Å². The molecule has 2 heterocycles. The van der Waals surface area contributed by atoms with Crippen molar-refractivity contribution in [3.05, 3.63) is 35.9 Å². The lowest BCUT2D eigenvalue weighted by molar-refractivity contribution is -0.136. The molecule has 1 aromatic carbocycles. The summed E-state index contributed by atoms with van der Waals surface area (Å²) in [5.74, 6) is 0.230. The van der Waals surface area contributed by atoms with Crippen LogP contribution >= 0.6 is 9.24 Å². The smallest absolute Gasteiger partial charge is 0.232 e. The monoisotopic (exact) mass is 486 g/mol. The molecule has 1 unspecified atom stereocenters. The molecule has 0 radical (unpaired) electrons. The fourth-order valence-corrected chi connectivity index (χ4v) is 5.28. The first-order chi connectivity index (χ1) is 16.4. The van der Waals surface area contributed by atoms with Gasteiger partial charge in [-0.1, -0.05) is 12.1 Å². The van der Waals surface area contributed by atoms with Crippen LogP contribution in [-0.2, 0) is 9.53 Å². The van der Waals surface area contributed by atoms with Gasteiger partial charge in [0.05, 0.1) is 16.5 Å². The summed E-state index contributed by atoms with van der Waals surface area (Å²) in [5.41, 5.74) is 8.82. The summed E-state index contributed by atoms with van der Waals surface area (Å²) < 4.78 is 5.76. The number of hydrogen-bond acceptors (Lipinski definition) is 7. The standard InChI is InChI=1S/C25H39N6O2P/c1-2-33-19-31(23-6-4-3-5-22(23)28)21-8-13-30(14-9-21)24(32)25(34)10-15-29(16-11-25)18-20(17-27)7-12-26/h3-7,12,17,21,26-27H,2,8-11,13-16,18-19,28,34H2,1H3/b20-7+,26-12?,27-17?. The molecule has 3 rings (SSSR count). The summed E-state index contributed by atoms with van der Waals surface area (Å²) >= 11 is 0. The van der Waals surface area contributed by atoms with E-state index >= 15 is 0 Å². The molecule has 0 aromatic heterocycles. The normalized spacial score (nSPS) is 19.6. The quantitative estimate of drug-likeness (QED) is 0.204. The van der Waals surface area contributed by atoms with E-state index in [0.29, 0.717) is 19.9 Å². The summed E-state index contributed by atoms with van der Waals surface area (Å²) in [4.78, 5) is 20.0. The van der Waals surface area contributed by atoms with Crippen LogP contribution in [0.25, 0.3) is 0 Å². The Kier molecular flexibility index (Phi) is 9.63. The Bertz CT molecular complexity index is 876. The van der Waals surface area contributed by atoms with Gasteiger partial charge in [0.15, 0.2) is 0 Å². The average molecular weight is 487 g/mol. The van der Waals surface area contributed by atoms with Crippen molar-refractivity contribution in [2.75, 3.05) is 56.7 Å². The molecular formula is C25H39N6O2P. The molecule has 2 aliphatic heterocycles. The number of carbonyl (C=O) groups is 1. The van der Waals surface area contributed by atoms with Crippen LogP contribution in [-0.4, -0.2) is 85.4 Å². The number of nitrogens with zero attached hydrogens (tertiary/aromatic N) is 3. The van der Waals surface area contributed by atoms with Gasteiger partial charge in [-0.2, -0.15) is 0 Å². The van der Waals surface area contributed by atoms with Crippen molar-refractivity contribution in [1.29, 1.82) is 10.8 Å². The highest BCUT2D eigenvalue weighted by Crippen LogP contribution is 2.35. The zero-order valence-electron chi connectivity index (χ0n) is 20.2. The largest absolute Gasteiger partial charge is 0.397 e. The number of piperidine rings is 2. The molecule has 8 nitrogen and oxygen atoms in total. The number of rotatable bonds is 10. The number of allylic oxidation sites excluding steroid dienone is 1. The number of ether oxygens (including phenoxy) is 1. The number of nitrogens with one attached hydrogen (secondary N) is 2. The van der Waals surface area contributed by atoms with Crippen molar-refractivity contribution in [1.82, 2.24) is 9.80 Å². The minimum Gasteiger partial charge on any atom is -0.397 e. The lowest BCUT2D eigenvalue weighted by Gasteiger charge is -2.44. The van der Waals surface area contributed by atoms with E-state index in [1.54, 1.807) is 6.08 Å². The summed E-state index contributed by atoms with van der Waals surface area (Å²) in [7, 11) is 2.86. The molecule has 2 aliphatic rings. The highest BCUT2D eigenvalue weighted by Gasteiger charge is 2.41. The van der Waals surface area contributed by atoms with Crippen molar-refractivity contribution in [2.45, 2.75) is 43.8 Å². The second kappa shape index (κ2) is 12.4. The number of nitrogen functional groups attached to an aromatic ring is 1. The van der Waals surface area contributed by atoms with Crippen molar-refractivity contribution < 1.29 is 9.53 Å². The van der Waals surface area contributed by atoms with Crippen LogP contribution in [0.3, 0.4) is 0 Å². The number of anilines is 2. The maximum Gasteiger partial charge on any atom is 0.232 e. The van der Waals surface area contributed by atoms with E-state index in [4.69, 9.17) is 21.3 Å². The van der Waals surface area contributed by atoms with Crippen molar-refractivity contribution in [3.8, 4) is 0 Å². The Hall–Kier alpha value is -2.28. The first-order valence-electron chi connectivity index (χ1n) is 12.1. The van der Waals surface area contributed by atoms with Gasteiger partial charge >= 0.3 is 0 Å². The number of nitrogens with two attached hydrogens (primary N) is 1. The second-order valence-corrected chi connectivity index (χ2v) is 10.3. The third-order valence-corrected chi connectivity index (χ3v) is 7.76. The maximum absolute atomic E-state index is 13.5. The van der Waals surface area contributed by atoms with Gasteiger partial charge in [0.1, 0.15) is 6.73 Å². The highest BCUT2D eigenvalue weighted by molar-refractivity contribution is 7.21. The minimum atomic E-state index is -0.422. The number of likely N-dealkylation sites (tertiary alicyclic amines) is 2. The molecule has 0 aliphatic carbocycles. The topological polar surface area (TPSA) is 110 Å². The third kappa shape index (κ3) is 6.44. The molecule has 186 valence electrons. The van der Waals surface area contributed by atoms with Crippen LogP contribution in [0.2, 0.25) is 0 Å². The van der Waals surface area contributed by atoms with Crippen molar-refractivity contribution >= 4 is 39.0 Å². The lowest BCUT2D eigenvalue weighted by Crippen LogP contribution is -2.55. The van der Waals surface area contributed by atoms with E-state index < -0.39 is 5.16 Å². The molecule has 0 spiro atoms. The summed E-state index contributed by atoms with van der Waals surface area (Å²) in [6.45, 7) is 6.87. The van der Waals surface area contributed by atoms with Gasteiger partial charge < -0.3 is 31.1 Å². The molecule has 4 N–H and O–H groups in total. The molecule has 2 saturated heterocycles. The number of carbonyl (C=O) groups excluding carboxylic acids is 1. The van der Waals surface area contributed by atoms with E-state index in [1.807, 2.05) is 36.1 Å². The van der Waals surface area contributed by atoms with E-state index in [0.717, 1.165) is 68.8 Å². The second-order valence-electron chi connectivity index (χ2n) is 9.16. The van der Waals surface area contributed by atoms with Crippen molar-refractivity contribution in [2.24, 2.45) is 0 Å². The number of amides is 1. The number of hydrogen-bond donors (Lipinski definition) is 3. The predicted octanol–water partition coefficient (Wildman–Crippen LogP) is 3.00. The average Bonchev–Trinajstić information content (AvgIpc) is 2.86. The minimum absolute atomic E-state index is 0.230. The summed E-state index contributed by atoms with van der Waals surface area (Å²) in [6.07, 6.45) is 7.52. The molecule has 0 bridgehead atoms. The van der Waals surface area contributed by atoms with Crippen LogP contribution in [0, 0.1) is 10.8 Å². The SMILES string of the molecule is CCOCN(c1ccccc1N)C1CCN(C(=O)C2(P)CCN(C/C(C=N)=C/C=N)CC2)CC1. The van der Waals surface area contributed by atoms with Gasteiger partial charge in [0.2, 0.25) is 5.91 Å². The molecule has 2 fully saturated rings. The molecular weight excluding hydrogens is 447 g/mol. The van der Waals surface area contributed by atoms with Gasteiger partial charge in [-0.15, -0.1) is 9.24 Å². The van der Waals surface area contributed by atoms with E-state index in [2.05, 4.69) is 19.0 Å². The molecule has 1 amide bonds. The van der Waals surface area contributed by atoms with Gasteiger partial charge in [-0.05, 0) is 69.5 Å². The number of benzene rings is 1. The van der Waals surface area contributed by atoms with Crippen molar-refractivity contribution in [3.63, 3.8) is 0 Å². The highest BCUT2D eigenvalue weighted by atomic mass is 31.0. The Morgan fingerprint density at radius 3 is 2.50 bits per heavy atom. The fraction of sp³-hybridized carbons (Fsp3) is 0.560. The fourth-order valence-electron chi connectivity index (χ4n) is 4.84. The zero-order valence-corrected chi connectivity index (χ0v) is 21.4. The Labute approximate surface area is 205 Å². The summed E-state index contributed by atoms with van der Waals surface area (Å²) in [6, 6.07) is 8.18. The van der Waals surface area contributed by atoms with Crippen LogP contribution < -0.4 is 10.6 Å². The van der Waals surface area contributed by atoms with Gasteiger partial charge in [-0.3, -0.25) is 9.69 Å². The van der Waals surface area contributed by atoms with Crippen LogP contribution in [0.4, 0.5) is 11.4 Å². The van der Waals surface area contributed by atoms with E-state index in [-0.39, 0.29) is 11.9 Å². The molecule has 34 heavy (non-hydrogen) atoms. The predicted molar refractivity (Wildman–Crippen MR) is 143 cm³/mol. The third-order valence-electron chi connectivity index (χ3n) is 6.94. The summed E-state index contributed by atoms with van der Waals surface area (Å²) in [5, 5.41) is 14.3. The zero-order chi connectivity index (χ0) is 24.6. The Balaban J connectivity index is 1.57. The van der Waals surface area contributed by atoms with Crippen LogP contribution in [0.5, 0.6) is 0 Å². The lowest BCUT2D eigenvalue weighted by atomic mass is 9.92.